The minimum absolute atomic E-state index is 0.0189. The molecule has 0 amide bonds. The lowest BCUT2D eigenvalue weighted by atomic mass is 10.1. The van der Waals surface area contributed by atoms with E-state index in [2.05, 4.69) is 30.6 Å². The topological polar surface area (TPSA) is 194 Å². The molecule has 0 saturated carbocycles. The summed E-state index contributed by atoms with van der Waals surface area (Å²) in [5.74, 6) is -0.228. The van der Waals surface area contributed by atoms with Gasteiger partial charge in [-0.1, -0.05) is 23.2 Å². The molecular weight excluding hydrogens is 709 g/mol. The fourth-order valence-corrected chi connectivity index (χ4v) is 5.22. The Hall–Kier alpha value is -5.32. The second kappa shape index (κ2) is 17.1. The molecule has 2 aromatic heterocycles. The van der Waals surface area contributed by atoms with Crippen LogP contribution < -0.4 is 16.4 Å². The van der Waals surface area contributed by atoms with E-state index in [1.807, 2.05) is 0 Å². The van der Waals surface area contributed by atoms with Gasteiger partial charge in [0.1, 0.15) is 35.9 Å². The number of nitrogens with two attached hydrogens (primary N) is 1. The van der Waals surface area contributed by atoms with Crippen molar-refractivity contribution in [2.45, 2.75) is 26.1 Å². The van der Waals surface area contributed by atoms with Gasteiger partial charge in [-0.25, -0.2) is 28.7 Å². The lowest BCUT2D eigenvalue weighted by Gasteiger charge is -2.11. The maximum Gasteiger partial charge on any atom is 0.275 e. The second-order valence-corrected chi connectivity index (χ2v) is 11.7. The molecule has 0 aliphatic carbocycles. The molecule has 1 aliphatic heterocycles. The second-order valence-electron chi connectivity index (χ2n) is 10.9. The van der Waals surface area contributed by atoms with Crippen LogP contribution in [-0.4, -0.2) is 48.3 Å². The van der Waals surface area contributed by atoms with E-state index in [1.165, 1.54) is 68.0 Å². The Labute approximate surface area is 299 Å². The van der Waals surface area contributed by atoms with Crippen molar-refractivity contribution in [3.63, 3.8) is 0 Å². The lowest BCUT2D eigenvalue weighted by Crippen LogP contribution is -2.00. The monoisotopic (exact) mass is 738 g/mol. The summed E-state index contributed by atoms with van der Waals surface area (Å²) in [4.78, 5) is 27.0. The van der Waals surface area contributed by atoms with Crippen LogP contribution in [0.3, 0.4) is 0 Å². The summed E-state index contributed by atoms with van der Waals surface area (Å²) in [6, 6.07) is 14.4. The Balaban J connectivity index is 0.000000174. The van der Waals surface area contributed by atoms with Crippen LogP contribution in [0.2, 0.25) is 10.0 Å². The molecule has 13 nitrogen and oxygen atoms in total. The first-order valence-electron chi connectivity index (χ1n) is 15.3. The minimum Gasteiger partial charge on any atom is -0.398 e. The molecule has 1 fully saturated rings. The summed E-state index contributed by atoms with van der Waals surface area (Å²) in [5.41, 5.74) is 8.99. The summed E-state index contributed by atoms with van der Waals surface area (Å²) in [5, 5.41) is 36.7. The third-order valence-corrected chi connectivity index (χ3v) is 8.04. The van der Waals surface area contributed by atoms with Crippen molar-refractivity contribution in [3.05, 3.63) is 116 Å². The van der Waals surface area contributed by atoms with Crippen LogP contribution in [-0.2, 0) is 18.0 Å². The summed E-state index contributed by atoms with van der Waals surface area (Å²) >= 11 is 11.5. The number of halogens is 4. The Morgan fingerprint density at radius 1 is 0.765 bits per heavy atom. The largest absolute Gasteiger partial charge is 0.398 e. The van der Waals surface area contributed by atoms with E-state index >= 15 is 0 Å². The van der Waals surface area contributed by atoms with E-state index < -0.39 is 23.2 Å². The predicted octanol–water partition coefficient (Wildman–Crippen LogP) is 7.60. The molecular formula is C34H30Cl2F2N8O5. The van der Waals surface area contributed by atoms with Crippen LogP contribution in [0.1, 0.15) is 24.0 Å². The maximum absolute atomic E-state index is 13.2. The number of anilines is 5. The van der Waals surface area contributed by atoms with Crippen molar-refractivity contribution >= 4 is 79.4 Å². The van der Waals surface area contributed by atoms with Gasteiger partial charge >= 0.3 is 0 Å². The van der Waals surface area contributed by atoms with E-state index in [-0.39, 0.29) is 27.9 Å². The molecule has 6 aromatic rings. The van der Waals surface area contributed by atoms with Crippen molar-refractivity contribution in [1.82, 2.24) is 19.9 Å². The summed E-state index contributed by atoms with van der Waals surface area (Å²) in [6.45, 7) is 1.36. The normalized spacial score (nSPS) is 12.1. The molecule has 0 radical (unpaired) electrons. The van der Waals surface area contributed by atoms with Crippen LogP contribution in [0.4, 0.5) is 43.2 Å². The van der Waals surface area contributed by atoms with Gasteiger partial charge in [-0.3, -0.25) is 10.1 Å². The molecule has 1 aliphatic rings. The number of aliphatic hydroxyl groups is 2. The molecule has 51 heavy (non-hydrogen) atoms. The number of benzene rings is 4. The van der Waals surface area contributed by atoms with Gasteiger partial charge in [-0.05, 0) is 67.4 Å². The number of aromatic nitrogens is 4. The fraction of sp³-hybridized carbons (Fsp3) is 0.176. The van der Waals surface area contributed by atoms with Crippen molar-refractivity contribution < 1.29 is 28.7 Å². The number of nitro benzene ring substituents is 1. The molecule has 0 bridgehead atoms. The smallest absolute Gasteiger partial charge is 0.275 e. The number of nitrogen functional groups attached to an aromatic ring is 1. The zero-order chi connectivity index (χ0) is 36.5. The first-order chi connectivity index (χ1) is 24.6. The zero-order valence-corrected chi connectivity index (χ0v) is 28.1. The Morgan fingerprint density at radius 3 is 1.69 bits per heavy atom. The number of hydrogen-bond acceptors (Lipinski definition) is 12. The van der Waals surface area contributed by atoms with E-state index in [0.29, 0.717) is 56.1 Å². The molecule has 3 heterocycles. The summed E-state index contributed by atoms with van der Waals surface area (Å²) in [7, 11) is 0. The van der Waals surface area contributed by atoms with E-state index in [9.17, 15) is 29.1 Å². The molecule has 0 atom stereocenters. The SMILES string of the molecule is C1CCOC1.Nc1cc2c(Nc3ccc(F)c(Cl)c3)ncnc2cc1CO.O=[N+]([O-])c1cc2c(Nc3ccc(F)c(Cl)c3)ncnc2cc1CO. The molecule has 4 aromatic carbocycles. The Bertz CT molecular complexity index is 2190. The molecule has 0 unspecified atom stereocenters. The summed E-state index contributed by atoms with van der Waals surface area (Å²) in [6.07, 6.45) is 5.23. The number of aliphatic hydroxyl groups excluding tert-OH is 2. The van der Waals surface area contributed by atoms with E-state index in [4.69, 9.17) is 33.7 Å². The third-order valence-electron chi connectivity index (χ3n) is 7.46. The molecule has 1 saturated heterocycles. The molecule has 6 N–H and O–H groups in total. The molecule has 264 valence electrons. The van der Waals surface area contributed by atoms with Gasteiger partial charge in [0.15, 0.2) is 0 Å². The van der Waals surface area contributed by atoms with Crippen LogP contribution in [0, 0.1) is 21.7 Å². The average Bonchev–Trinajstić information content (AvgIpc) is 3.72. The van der Waals surface area contributed by atoms with Gasteiger partial charge in [0.25, 0.3) is 5.69 Å². The van der Waals surface area contributed by atoms with E-state index in [1.54, 1.807) is 18.2 Å². The quantitative estimate of drug-likeness (QED) is 0.0612. The number of fused-ring (bicyclic) bond motifs is 2. The van der Waals surface area contributed by atoms with Crippen molar-refractivity contribution in [2.75, 3.05) is 29.6 Å². The first-order valence-corrected chi connectivity index (χ1v) is 16.0. The predicted molar refractivity (Wildman–Crippen MR) is 191 cm³/mol. The highest BCUT2D eigenvalue weighted by molar-refractivity contribution is 6.31. The van der Waals surface area contributed by atoms with Gasteiger partial charge in [0.2, 0.25) is 0 Å². The first kappa shape index (κ1) is 36.9. The minimum atomic E-state index is -0.587. The van der Waals surface area contributed by atoms with Crippen LogP contribution in [0.25, 0.3) is 21.8 Å². The number of nitro groups is 1. The number of nitrogens with zero attached hydrogens (tertiary/aromatic N) is 5. The van der Waals surface area contributed by atoms with Crippen LogP contribution in [0.5, 0.6) is 0 Å². The highest BCUT2D eigenvalue weighted by Gasteiger charge is 2.17. The van der Waals surface area contributed by atoms with Gasteiger partial charge in [-0.2, -0.15) is 0 Å². The van der Waals surface area contributed by atoms with Gasteiger partial charge < -0.3 is 31.3 Å². The standard InChI is InChI=1S/C15H10ClFN4O3.C15H12ClFN4O.C4H8O/c16-11-4-9(1-2-12(11)17)20-15-10-5-14(21(23)24)8(6-22)3-13(10)18-7-19-15;16-11-4-9(1-2-12(11)17)21-15-10-5-13(18)8(6-22)3-14(10)19-7-20-15;1-2-4-5-3-1/h1-5,7,22H,6H2,(H,18,19,20);1-5,7,22H,6,18H2,(H,19,20,21);1-4H2. The van der Waals surface area contributed by atoms with Crippen molar-refractivity contribution in [2.24, 2.45) is 0 Å². The Kier molecular flexibility index (Phi) is 12.4. The highest BCUT2D eigenvalue weighted by Crippen LogP contribution is 2.31. The maximum atomic E-state index is 13.2. The van der Waals surface area contributed by atoms with Crippen molar-refractivity contribution in [3.8, 4) is 0 Å². The van der Waals surface area contributed by atoms with E-state index in [0.717, 1.165) is 13.2 Å². The molecule has 7 rings (SSSR count). The highest BCUT2D eigenvalue weighted by atomic mass is 35.5. The lowest BCUT2D eigenvalue weighted by molar-refractivity contribution is -0.385. The number of ether oxygens (including phenoxy) is 1. The van der Waals surface area contributed by atoms with Gasteiger partial charge in [0.05, 0.1) is 44.8 Å². The number of hydrogen-bond donors (Lipinski definition) is 5. The van der Waals surface area contributed by atoms with Crippen LogP contribution in [0.15, 0.2) is 73.3 Å². The number of nitrogens with one attached hydrogen (secondary N) is 2. The molecule has 0 spiro atoms. The third kappa shape index (κ3) is 9.27. The van der Waals surface area contributed by atoms with Crippen molar-refractivity contribution in [1.29, 1.82) is 0 Å². The zero-order valence-electron chi connectivity index (χ0n) is 26.6. The Morgan fingerprint density at radius 2 is 1.25 bits per heavy atom. The summed E-state index contributed by atoms with van der Waals surface area (Å²) < 4.78 is 31.4. The van der Waals surface area contributed by atoms with Crippen LogP contribution >= 0.6 is 23.2 Å². The number of rotatable bonds is 7. The fourth-order valence-electron chi connectivity index (χ4n) is 4.86. The molecule has 17 heteroatoms. The average molecular weight is 740 g/mol. The van der Waals surface area contributed by atoms with Gasteiger partial charge in [0, 0.05) is 52.7 Å². The van der Waals surface area contributed by atoms with Gasteiger partial charge in [-0.15, -0.1) is 0 Å².